The van der Waals surface area contributed by atoms with Crippen molar-refractivity contribution in [2.24, 2.45) is 4.99 Å². The molecule has 0 aliphatic carbocycles. The van der Waals surface area contributed by atoms with Crippen molar-refractivity contribution in [2.75, 3.05) is 17.8 Å². The first kappa shape index (κ1) is 31.9. The van der Waals surface area contributed by atoms with Crippen LogP contribution in [-0.4, -0.2) is 50.2 Å². The van der Waals surface area contributed by atoms with E-state index in [1.807, 2.05) is 42.5 Å². The van der Waals surface area contributed by atoms with Gasteiger partial charge in [-0.15, -0.1) is 18.3 Å². The van der Waals surface area contributed by atoms with Crippen LogP contribution in [0.1, 0.15) is 24.5 Å². The number of methoxy groups -OCH3 is 1. The average molecular weight is 657 g/mol. The summed E-state index contributed by atoms with van der Waals surface area (Å²) in [4.78, 5) is 28.7. The Morgan fingerprint density at radius 2 is 1.82 bits per heavy atom. The Morgan fingerprint density at radius 1 is 1.09 bits per heavy atom. The lowest BCUT2D eigenvalue weighted by Crippen LogP contribution is -2.32. The molecule has 10 nitrogen and oxygen atoms in total. The van der Waals surface area contributed by atoms with Gasteiger partial charge in [-0.1, -0.05) is 55.4 Å². The van der Waals surface area contributed by atoms with Crippen molar-refractivity contribution in [2.45, 2.75) is 32.7 Å². The molecule has 4 aromatic rings. The molecule has 45 heavy (non-hydrogen) atoms. The fourth-order valence-electron chi connectivity index (χ4n) is 4.40. The minimum Gasteiger partial charge on any atom is -0.497 e. The zero-order chi connectivity index (χ0) is 32.0. The van der Waals surface area contributed by atoms with E-state index >= 15 is 0 Å². The Labute approximate surface area is 266 Å². The van der Waals surface area contributed by atoms with E-state index < -0.39 is 6.36 Å². The second kappa shape index (κ2) is 14.1. The SMILES string of the molecule is CCCc1ccc(OC)cc1N1C(=O)CSC1=NC(=S)NOCc1ccc(-c2ncn(-c3ccc(OC(F)(F)F)cc3)n2)cc1. The second-order valence-corrected chi connectivity index (χ2v) is 10.9. The van der Waals surface area contributed by atoms with Crippen LogP contribution in [0.4, 0.5) is 18.9 Å². The first-order chi connectivity index (χ1) is 21.6. The number of thiocarbonyl (C=S) groups is 1. The highest BCUT2D eigenvalue weighted by atomic mass is 32.2. The van der Waals surface area contributed by atoms with Crippen LogP contribution in [0.5, 0.6) is 11.5 Å². The number of hydrogen-bond acceptors (Lipinski definition) is 8. The molecule has 5 rings (SSSR count). The van der Waals surface area contributed by atoms with Crippen LogP contribution < -0.4 is 19.9 Å². The minimum atomic E-state index is -4.76. The highest BCUT2D eigenvalue weighted by molar-refractivity contribution is 8.15. The van der Waals surface area contributed by atoms with E-state index in [0.717, 1.165) is 35.2 Å². The highest BCUT2D eigenvalue weighted by Crippen LogP contribution is 2.33. The van der Waals surface area contributed by atoms with Crippen molar-refractivity contribution in [3.05, 3.63) is 84.2 Å². The van der Waals surface area contributed by atoms with Crippen molar-refractivity contribution in [3.63, 3.8) is 0 Å². The Bertz CT molecular complexity index is 1700. The zero-order valence-corrected chi connectivity index (χ0v) is 25.7. The summed E-state index contributed by atoms with van der Waals surface area (Å²) in [5, 5.41) is 4.93. The quantitative estimate of drug-likeness (QED) is 0.157. The van der Waals surface area contributed by atoms with Crippen molar-refractivity contribution in [1.29, 1.82) is 0 Å². The predicted octanol–water partition coefficient (Wildman–Crippen LogP) is 6.24. The first-order valence-corrected chi connectivity index (χ1v) is 15.0. The largest absolute Gasteiger partial charge is 0.573 e. The number of benzene rings is 3. The number of nitrogens with one attached hydrogen (secondary N) is 1. The van der Waals surface area contributed by atoms with Crippen molar-refractivity contribution in [3.8, 4) is 28.6 Å². The lowest BCUT2D eigenvalue weighted by atomic mass is 10.1. The topological polar surface area (TPSA) is 103 Å². The highest BCUT2D eigenvalue weighted by Gasteiger charge is 2.32. The molecule has 1 amide bonds. The third-order valence-corrected chi connectivity index (χ3v) is 7.55. The number of aliphatic imine (C=N–C) groups is 1. The lowest BCUT2D eigenvalue weighted by Gasteiger charge is -2.20. The van der Waals surface area contributed by atoms with Crippen molar-refractivity contribution >= 4 is 45.9 Å². The fourth-order valence-corrected chi connectivity index (χ4v) is 5.47. The van der Waals surface area contributed by atoms with E-state index in [1.165, 1.54) is 47.0 Å². The molecule has 1 aliphatic heterocycles. The number of anilines is 1. The Kier molecular flexibility index (Phi) is 10.0. The van der Waals surface area contributed by atoms with Gasteiger partial charge in [-0.2, -0.15) is 4.99 Å². The van der Waals surface area contributed by atoms with E-state index in [9.17, 15) is 18.0 Å². The van der Waals surface area contributed by atoms with E-state index in [0.29, 0.717) is 22.4 Å². The van der Waals surface area contributed by atoms with E-state index in [1.54, 1.807) is 12.0 Å². The van der Waals surface area contributed by atoms with E-state index in [2.05, 4.69) is 32.2 Å². The maximum absolute atomic E-state index is 12.8. The summed E-state index contributed by atoms with van der Waals surface area (Å²) in [6, 6.07) is 18.3. The number of amidine groups is 1. The van der Waals surface area contributed by atoms with Gasteiger partial charge in [-0.05, 0) is 60.1 Å². The maximum atomic E-state index is 12.8. The van der Waals surface area contributed by atoms with Gasteiger partial charge in [0.2, 0.25) is 11.0 Å². The predicted molar refractivity (Wildman–Crippen MR) is 168 cm³/mol. The number of hydrogen-bond donors (Lipinski definition) is 1. The molecule has 0 spiro atoms. The molecule has 234 valence electrons. The summed E-state index contributed by atoms with van der Waals surface area (Å²) in [6.07, 6.45) is -1.59. The van der Waals surface area contributed by atoms with Gasteiger partial charge in [-0.25, -0.2) is 15.1 Å². The Hall–Kier alpha value is -4.47. The van der Waals surface area contributed by atoms with Gasteiger partial charge in [0.05, 0.1) is 30.8 Å². The van der Waals surface area contributed by atoms with Gasteiger partial charge in [0.25, 0.3) is 0 Å². The van der Waals surface area contributed by atoms with Gasteiger partial charge in [0.1, 0.15) is 17.8 Å². The average Bonchev–Trinajstić information content (AvgIpc) is 3.65. The number of rotatable bonds is 10. The van der Waals surface area contributed by atoms with Crippen LogP contribution >= 0.6 is 24.0 Å². The van der Waals surface area contributed by atoms with Crippen LogP contribution in [0.25, 0.3) is 17.1 Å². The second-order valence-electron chi connectivity index (χ2n) is 9.60. The van der Waals surface area contributed by atoms with Gasteiger partial charge >= 0.3 is 6.36 Å². The summed E-state index contributed by atoms with van der Waals surface area (Å²) in [7, 11) is 1.58. The number of halogens is 3. The van der Waals surface area contributed by atoms with Crippen molar-refractivity contribution in [1.82, 2.24) is 20.2 Å². The molecule has 0 radical (unpaired) electrons. The summed E-state index contributed by atoms with van der Waals surface area (Å²) >= 11 is 6.66. The smallest absolute Gasteiger partial charge is 0.497 e. The van der Waals surface area contributed by atoms with Crippen molar-refractivity contribution < 1.29 is 32.3 Å². The summed E-state index contributed by atoms with van der Waals surface area (Å²) in [5.74, 6) is 0.894. The van der Waals surface area contributed by atoms with Crippen LogP contribution in [0.15, 0.2) is 78.0 Å². The number of carbonyl (C=O) groups is 1. The number of carbonyl (C=O) groups excluding carboxylic acids is 1. The summed E-state index contributed by atoms with van der Waals surface area (Å²) in [6.45, 7) is 2.25. The third-order valence-electron chi connectivity index (χ3n) is 6.45. The molecular formula is C30H27F3N6O4S2. The molecule has 0 saturated carbocycles. The Morgan fingerprint density at radius 3 is 2.51 bits per heavy atom. The molecule has 1 aromatic heterocycles. The number of amides is 1. The standard InChI is InChI=1S/C30H27F3N6O4S2/c1-3-4-20-9-12-24(41-2)15-25(20)39-26(40)17-45-29(39)35-28(44)37-42-16-19-5-7-21(8-6-19)27-34-18-38(36-27)22-10-13-23(14-11-22)43-30(31,32)33/h5-15,18H,3-4,16-17H2,1-2H3,(H,37,44). The zero-order valence-electron chi connectivity index (χ0n) is 24.1. The molecule has 1 N–H and O–H groups in total. The number of aromatic nitrogens is 3. The number of hydroxylamine groups is 1. The number of thioether (sulfide) groups is 1. The normalized spacial score (nSPS) is 14.2. The summed E-state index contributed by atoms with van der Waals surface area (Å²) < 4.78 is 47.9. The third kappa shape index (κ3) is 8.17. The van der Waals surface area contributed by atoms with Gasteiger partial charge in [0.15, 0.2) is 11.0 Å². The van der Waals surface area contributed by atoms with Gasteiger partial charge in [0, 0.05) is 11.6 Å². The first-order valence-electron chi connectivity index (χ1n) is 13.6. The monoisotopic (exact) mass is 656 g/mol. The minimum absolute atomic E-state index is 0.0708. The van der Waals surface area contributed by atoms with Crippen LogP contribution in [-0.2, 0) is 22.7 Å². The number of aryl methyl sites for hydroxylation is 1. The molecular weight excluding hydrogens is 629 g/mol. The van der Waals surface area contributed by atoms with Crippen LogP contribution in [0.2, 0.25) is 0 Å². The fraction of sp³-hybridized carbons (Fsp3) is 0.233. The molecule has 3 aromatic carbocycles. The molecule has 0 atom stereocenters. The van der Waals surface area contributed by atoms with E-state index in [4.69, 9.17) is 21.8 Å². The molecule has 1 aliphatic rings. The number of alkyl halides is 3. The van der Waals surface area contributed by atoms with Crippen LogP contribution in [0, 0.1) is 0 Å². The molecule has 1 saturated heterocycles. The van der Waals surface area contributed by atoms with Gasteiger partial charge in [-0.3, -0.25) is 14.5 Å². The molecule has 0 unspecified atom stereocenters. The number of ether oxygens (including phenoxy) is 2. The van der Waals surface area contributed by atoms with Gasteiger partial charge < -0.3 is 9.47 Å². The number of nitrogens with zero attached hydrogens (tertiary/aromatic N) is 5. The maximum Gasteiger partial charge on any atom is 0.573 e. The molecule has 2 heterocycles. The molecule has 1 fully saturated rings. The lowest BCUT2D eigenvalue weighted by molar-refractivity contribution is -0.274. The van der Waals surface area contributed by atoms with Crippen LogP contribution in [0.3, 0.4) is 0 Å². The summed E-state index contributed by atoms with van der Waals surface area (Å²) in [5.41, 5.74) is 6.47. The Balaban J connectivity index is 1.17. The molecule has 0 bridgehead atoms. The van der Waals surface area contributed by atoms with E-state index in [-0.39, 0.29) is 29.1 Å². The molecule has 15 heteroatoms.